The topological polar surface area (TPSA) is 49.4 Å². The molecule has 0 saturated heterocycles. The van der Waals surface area contributed by atoms with Gasteiger partial charge in [-0.15, -0.1) is 6.58 Å². The number of halogens is 1. The SMILES string of the molecule is C=CCNC(=O)[C@@H](c1ccccc1)N(Cc1ccc(F)cc1)C(=O)CCC. The van der Waals surface area contributed by atoms with Crippen LogP contribution in [0, 0.1) is 5.82 Å². The van der Waals surface area contributed by atoms with E-state index in [0.29, 0.717) is 19.4 Å². The average Bonchev–Trinajstić information content (AvgIpc) is 2.68. The van der Waals surface area contributed by atoms with Crippen molar-refractivity contribution in [1.29, 1.82) is 0 Å². The molecule has 4 nitrogen and oxygen atoms in total. The second-order valence-electron chi connectivity index (χ2n) is 6.25. The van der Waals surface area contributed by atoms with Crippen LogP contribution in [0.1, 0.15) is 36.9 Å². The zero-order valence-electron chi connectivity index (χ0n) is 15.5. The minimum absolute atomic E-state index is 0.121. The van der Waals surface area contributed by atoms with Crippen molar-refractivity contribution in [3.63, 3.8) is 0 Å². The summed E-state index contributed by atoms with van der Waals surface area (Å²) in [6.45, 7) is 6.08. The first kappa shape index (κ1) is 20.4. The number of nitrogens with zero attached hydrogens (tertiary/aromatic N) is 1. The predicted octanol–water partition coefficient (Wildman–Crippen LogP) is 4.00. The van der Waals surface area contributed by atoms with Gasteiger partial charge in [-0.05, 0) is 29.7 Å². The minimum Gasteiger partial charge on any atom is -0.351 e. The third kappa shape index (κ3) is 5.78. The third-order valence-electron chi connectivity index (χ3n) is 4.15. The summed E-state index contributed by atoms with van der Waals surface area (Å²) in [5, 5.41) is 2.79. The molecule has 0 radical (unpaired) electrons. The van der Waals surface area contributed by atoms with Crippen molar-refractivity contribution in [2.24, 2.45) is 0 Å². The maximum absolute atomic E-state index is 13.2. The van der Waals surface area contributed by atoms with Crippen LogP contribution in [0.4, 0.5) is 4.39 Å². The summed E-state index contributed by atoms with van der Waals surface area (Å²) in [6, 6.07) is 14.4. The molecule has 142 valence electrons. The normalized spacial score (nSPS) is 11.5. The van der Waals surface area contributed by atoms with E-state index in [0.717, 1.165) is 11.1 Å². The molecule has 0 aliphatic carbocycles. The predicted molar refractivity (Wildman–Crippen MR) is 104 cm³/mol. The Bertz CT molecular complexity index is 760. The van der Waals surface area contributed by atoms with Gasteiger partial charge in [-0.2, -0.15) is 0 Å². The monoisotopic (exact) mass is 368 g/mol. The Hall–Kier alpha value is -2.95. The first-order chi connectivity index (χ1) is 13.1. The molecule has 27 heavy (non-hydrogen) atoms. The molecule has 2 amide bonds. The summed E-state index contributed by atoms with van der Waals surface area (Å²) in [5.74, 6) is -0.731. The highest BCUT2D eigenvalue weighted by molar-refractivity contribution is 5.88. The summed E-state index contributed by atoms with van der Waals surface area (Å²) in [6.07, 6.45) is 2.60. The molecule has 1 atom stereocenters. The van der Waals surface area contributed by atoms with Gasteiger partial charge in [0.05, 0.1) is 0 Å². The highest BCUT2D eigenvalue weighted by Gasteiger charge is 2.30. The lowest BCUT2D eigenvalue weighted by Gasteiger charge is -2.31. The van der Waals surface area contributed by atoms with Crippen molar-refractivity contribution in [2.75, 3.05) is 6.54 Å². The van der Waals surface area contributed by atoms with Gasteiger partial charge in [0.15, 0.2) is 0 Å². The molecule has 5 heteroatoms. The Morgan fingerprint density at radius 1 is 1.15 bits per heavy atom. The molecule has 0 aliphatic heterocycles. The van der Waals surface area contributed by atoms with Gasteiger partial charge >= 0.3 is 0 Å². The summed E-state index contributed by atoms with van der Waals surface area (Å²) in [7, 11) is 0. The lowest BCUT2D eigenvalue weighted by atomic mass is 10.0. The fourth-order valence-corrected chi connectivity index (χ4v) is 2.85. The van der Waals surface area contributed by atoms with Crippen LogP contribution in [-0.2, 0) is 16.1 Å². The third-order valence-corrected chi connectivity index (χ3v) is 4.15. The molecular weight excluding hydrogens is 343 g/mol. The number of nitrogens with one attached hydrogen (secondary N) is 1. The summed E-state index contributed by atoms with van der Waals surface area (Å²) in [4.78, 5) is 27.3. The van der Waals surface area contributed by atoms with Gasteiger partial charge in [-0.3, -0.25) is 9.59 Å². The zero-order valence-corrected chi connectivity index (χ0v) is 15.5. The summed E-state index contributed by atoms with van der Waals surface area (Å²) < 4.78 is 13.2. The van der Waals surface area contributed by atoms with E-state index in [4.69, 9.17) is 0 Å². The quantitative estimate of drug-likeness (QED) is 0.680. The highest BCUT2D eigenvalue weighted by Crippen LogP contribution is 2.25. The van der Waals surface area contributed by atoms with Crippen LogP contribution in [0.2, 0.25) is 0 Å². The molecule has 0 unspecified atom stereocenters. The average molecular weight is 368 g/mol. The number of hydrogen-bond donors (Lipinski definition) is 1. The van der Waals surface area contributed by atoms with Crippen LogP contribution >= 0.6 is 0 Å². The largest absolute Gasteiger partial charge is 0.351 e. The molecule has 2 rings (SSSR count). The fourth-order valence-electron chi connectivity index (χ4n) is 2.85. The van der Waals surface area contributed by atoms with Gasteiger partial charge in [0.25, 0.3) is 0 Å². The van der Waals surface area contributed by atoms with Crippen molar-refractivity contribution in [1.82, 2.24) is 10.2 Å². The van der Waals surface area contributed by atoms with E-state index in [1.807, 2.05) is 37.3 Å². The van der Waals surface area contributed by atoms with Crippen molar-refractivity contribution < 1.29 is 14.0 Å². The maximum atomic E-state index is 13.2. The van der Waals surface area contributed by atoms with Gasteiger partial charge in [-0.1, -0.05) is 55.5 Å². The highest BCUT2D eigenvalue weighted by atomic mass is 19.1. The van der Waals surface area contributed by atoms with Gasteiger partial charge in [0.1, 0.15) is 11.9 Å². The zero-order chi connectivity index (χ0) is 19.6. The number of amides is 2. The Balaban J connectivity index is 2.41. The molecule has 2 aromatic rings. The fraction of sp³-hybridized carbons (Fsp3) is 0.273. The van der Waals surface area contributed by atoms with Crippen molar-refractivity contribution >= 4 is 11.8 Å². The van der Waals surface area contributed by atoms with Crippen molar-refractivity contribution in [3.8, 4) is 0 Å². The maximum Gasteiger partial charge on any atom is 0.247 e. The smallest absolute Gasteiger partial charge is 0.247 e. The first-order valence-electron chi connectivity index (χ1n) is 9.04. The van der Waals surface area contributed by atoms with Crippen LogP contribution < -0.4 is 5.32 Å². The molecule has 0 heterocycles. The molecule has 0 spiro atoms. The first-order valence-corrected chi connectivity index (χ1v) is 9.04. The molecule has 0 aromatic heterocycles. The molecule has 0 aliphatic rings. The van der Waals surface area contributed by atoms with Gasteiger partial charge < -0.3 is 10.2 Å². The molecular formula is C22H25FN2O2. The summed E-state index contributed by atoms with van der Waals surface area (Å²) in [5.41, 5.74) is 1.49. The Kier molecular flexibility index (Phi) is 7.74. The number of hydrogen-bond acceptors (Lipinski definition) is 2. The molecule has 2 aromatic carbocycles. The van der Waals surface area contributed by atoms with E-state index in [1.54, 1.807) is 23.1 Å². The van der Waals surface area contributed by atoms with Crippen LogP contribution in [0.15, 0.2) is 67.3 Å². The van der Waals surface area contributed by atoms with E-state index in [-0.39, 0.29) is 24.2 Å². The Morgan fingerprint density at radius 3 is 2.41 bits per heavy atom. The molecule has 0 fully saturated rings. The van der Waals surface area contributed by atoms with Crippen LogP contribution in [0.3, 0.4) is 0 Å². The van der Waals surface area contributed by atoms with Crippen LogP contribution in [0.5, 0.6) is 0 Å². The standard InChI is InChI=1S/C22H25FN2O2/c1-3-8-20(26)25(16-17-11-13-19(23)14-12-17)21(22(27)24-15-4-2)18-9-6-5-7-10-18/h4-7,9-14,21H,2-3,8,15-16H2,1H3,(H,24,27)/t21-/m1/s1. The number of rotatable bonds is 9. The lowest BCUT2D eigenvalue weighted by Crippen LogP contribution is -2.43. The Labute approximate surface area is 159 Å². The Morgan fingerprint density at radius 2 is 1.81 bits per heavy atom. The summed E-state index contributed by atoms with van der Waals surface area (Å²) >= 11 is 0. The van der Waals surface area contributed by atoms with Gasteiger partial charge in [0.2, 0.25) is 11.8 Å². The number of carbonyl (C=O) groups excluding carboxylic acids is 2. The molecule has 1 N–H and O–H groups in total. The second kappa shape index (κ2) is 10.3. The van der Waals surface area contributed by atoms with E-state index in [9.17, 15) is 14.0 Å². The van der Waals surface area contributed by atoms with E-state index in [2.05, 4.69) is 11.9 Å². The van der Waals surface area contributed by atoms with Crippen molar-refractivity contribution in [2.45, 2.75) is 32.4 Å². The van der Waals surface area contributed by atoms with E-state index in [1.165, 1.54) is 12.1 Å². The van der Waals surface area contributed by atoms with Crippen LogP contribution in [-0.4, -0.2) is 23.3 Å². The van der Waals surface area contributed by atoms with Gasteiger partial charge in [-0.25, -0.2) is 4.39 Å². The minimum atomic E-state index is -0.768. The van der Waals surface area contributed by atoms with E-state index >= 15 is 0 Å². The van der Waals surface area contributed by atoms with Crippen molar-refractivity contribution in [3.05, 3.63) is 84.2 Å². The van der Waals surface area contributed by atoms with Gasteiger partial charge in [0, 0.05) is 19.5 Å². The number of benzene rings is 2. The number of carbonyl (C=O) groups is 2. The van der Waals surface area contributed by atoms with E-state index < -0.39 is 6.04 Å². The molecule has 0 saturated carbocycles. The second-order valence-corrected chi connectivity index (χ2v) is 6.25. The van der Waals surface area contributed by atoms with Crippen LogP contribution in [0.25, 0.3) is 0 Å². The lowest BCUT2D eigenvalue weighted by molar-refractivity contribution is -0.141. The molecule has 0 bridgehead atoms.